The molecule has 0 unspecified atom stereocenters. The summed E-state index contributed by atoms with van der Waals surface area (Å²) in [5, 5.41) is 5.66. The van der Waals surface area contributed by atoms with Crippen LogP contribution in [0.3, 0.4) is 0 Å². The monoisotopic (exact) mass is 891 g/mol. The number of piperidine rings is 1. The van der Waals surface area contributed by atoms with Crippen LogP contribution in [0, 0.1) is 0 Å². The number of aryl methyl sites for hydroxylation is 1. The molecule has 0 radical (unpaired) electrons. The van der Waals surface area contributed by atoms with Gasteiger partial charge in [-0.3, -0.25) is 9.59 Å². The highest BCUT2D eigenvalue weighted by molar-refractivity contribution is 5.89. The maximum absolute atomic E-state index is 14.5. The average molecular weight is 892 g/mol. The molecule has 15 heteroatoms. The van der Waals surface area contributed by atoms with E-state index >= 15 is 0 Å². The molecule has 3 aromatic carbocycles. The second-order valence-corrected chi connectivity index (χ2v) is 16.7. The Labute approximate surface area is 378 Å². The summed E-state index contributed by atoms with van der Waals surface area (Å²) in [4.78, 5) is 55.0. The van der Waals surface area contributed by atoms with Crippen LogP contribution in [0.25, 0.3) is 0 Å². The van der Waals surface area contributed by atoms with Gasteiger partial charge in [0, 0.05) is 19.6 Å². The van der Waals surface area contributed by atoms with E-state index in [-0.39, 0.29) is 18.4 Å². The van der Waals surface area contributed by atoms with Gasteiger partial charge in [0.05, 0.1) is 41.5 Å². The van der Waals surface area contributed by atoms with Gasteiger partial charge in [0.1, 0.15) is 23.5 Å². The fourth-order valence-electron chi connectivity index (χ4n) is 7.68. The van der Waals surface area contributed by atoms with Crippen molar-refractivity contribution in [3.63, 3.8) is 0 Å². The van der Waals surface area contributed by atoms with Gasteiger partial charge in [-0.15, -0.1) is 0 Å². The summed E-state index contributed by atoms with van der Waals surface area (Å²) in [5.74, 6) is 1.45. The molecule has 2 N–H and O–H groups in total. The Hall–Kier alpha value is -5.86. The zero-order valence-corrected chi connectivity index (χ0v) is 39.2. The normalized spacial score (nSPS) is 14.6. The molecule has 64 heavy (non-hydrogen) atoms. The van der Waals surface area contributed by atoms with Crippen molar-refractivity contribution in [2.75, 3.05) is 61.8 Å². The molecule has 0 saturated carbocycles. The minimum atomic E-state index is -0.794. The SMILES string of the molecule is CC[C@H](C(=O)N1CCCC[C@H]1C(=O)O[C@H](CCc1ccc(OC)c(OC)c1)c1cccc(OCC(=O)NCCCCCCNC(=O)OC(C)(C)C)c1)c1cc(OC)c(OC)c(OC)c1. The highest BCUT2D eigenvalue weighted by Crippen LogP contribution is 2.41. The van der Waals surface area contributed by atoms with Gasteiger partial charge >= 0.3 is 12.1 Å². The molecule has 0 aliphatic carbocycles. The molecule has 1 saturated heterocycles. The Morgan fingerprint density at radius 3 is 2.05 bits per heavy atom. The molecular weight excluding hydrogens is 823 g/mol. The first-order chi connectivity index (χ1) is 30.7. The lowest BCUT2D eigenvalue weighted by molar-refractivity contribution is -0.162. The van der Waals surface area contributed by atoms with Crippen molar-refractivity contribution < 1.29 is 57.1 Å². The van der Waals surface area contributed by atoms with Crippen LogP contribution in [0.2, 0.25) is 0 Å². The van der Waals surface area contributed by atoms with Crippen LogP contribution >= 0.6 is 0 Å². The summed E-state index contributed by atoms with van der Waals surface area (Å²) in [6.45, 7) is 8.65. The predicted octanol–water partition coefficient (Wildman–Crippen LogP) is 8.10. The van der Waals surface area contributed by atoms with Gasteiger partial charge in [0.25, 0.3) is 5.91 Å². The number of unbranched alkanes of at least 4 members (excludes halogenated alkanes) is 3. The van der Waals surface area contributed by atoms with E-state index in [1.54, 1.807) is 49.5 Å². The van der Waals surface area contributed by atoms with Crippen LogP contribution in [0.1, 0.15) is 114 Å². The summed E-state index contributed by atoms with van der Waals surface area (Å²) in [6.07, 6.45) is 5.64. The van der Waals surface area contributed by atoms with E-state index in [0.29, 0.717) is 90.9 Å². The largest absolute Gasteiger partial charge is 0.493 e. The fraction of sp³-hybridized carbons (Fsp3) is 0.551. The number of carbonyl (C=O) groups is 4. The van der Waals surface area contributed by atoms with Crippen molar-refractivity contribution in [3.05, 3.63) is 71.3 Å². The number of nitrogens with one attached hydrogen (secondary N) is 2. The topological polar surface area (TPSA) is 169 Å². The fourth-order valence-corrected chi connectivity index (χ4v) is 7.68. The van der Waals surface area contributed by atoms with Crippen molar-refractivity contribution in [2.24, 2.45) is 0 Å². The van der Waals surface area contributed by atoms with Gasteiger partial charge in [-0.25, -0.2) is 9.59 Å². The molecule has 3 amide bonds. The van der Waals surface area contributed by atoms with E-state index in [1.807, 2.05) is 52.0 Å². The molecule has 0 spiro atoms. The van der Waals surface area contributed by atoms with E-state index in [2.05, 4.69) is 10.6 Å². The van der Waals surface area contributed by atoms with Crippen molar-refractivity contribution in [1.29, 1.82) is 0 Å². The third-order valence-electron chi connectivity index (χ3n) is 10.9. The van der Waals surface area contributed by atoms with Crippen molar-refractivity contribution in [2.45, 2.75) is 116 Å². The Morgan fingerprint density at radius 2 is 1.42 bits per heavy atom. The molecule has 1 heterocycles. The van der Waals surface area contributed by atoms with Gasteiger partial charge in [-0.2, -0.15) is 0 Å². The van der Waals surface area contributed by atoms with Crippen molar-refractivity contribution in [1.82, 2.24) is 15.5 Å². The first kappa shape index (κ1) is 50.8. The Bertz CT molecular complexity index is 1960. The molecule has 0 aromatic heterocycles. The Morgan fingerprint density at radius 1 is 0.750 bits per heavy atom. The number of hydrogen-bond donors (Lipinski definition) is 2. The minimum absolute atomic E-state index is 0.179. The molecule has 3 atom stereocenters. The standard InChI is InChI=1S/C49H69N3O12/c1-10-37(35-30-42(59-7)45(61-9)43(31-35)60-8)46(54)52-27-16-13-20-38(52)47(55)63-39(23-21-33-22-24-40(57-5)41(28-33)58-6)34-18-17-19-36(29-34)62-32-44(53)50-25-14-11-12-15-26-51-48(56)64-49(2,3)4/h17-19,22,24,28-31,37-39H,10-16,20-21,23,25-27,32H2,1-9H3,(H,50,53)(H,51,56)/t37-,38-,39+/m0/s1. The van der Waals surface area contributed by atoms with E-state index in [4.69, 9.17) is 37.9 Å². The molecule has 1 fully saturated rings. The number of ether oxygens (including phenoxy) is 8. The quantitative estimate of drug-likeness (QED) is 0.0656. The van der Waals surface area contributed by atoms with Crippen LogP contribution in [-0.4, -0.2) is 102 Å². The van der Waals surface area contributed by atoms with Crippen LogP contribution in [0.4, 0.5) is 4.79 Å². The number of hydrogen-bond acceptors (Lipinski definition) is 12. The van der Waals surface area contributed by atoms with Crippen LogP contribution < -0.4 is 39.1 Å². The third-order valence-corrected chi connectivity index (χ3v) is 10.9. The first-order valence-corrected chi connectivity index (χ1v) is 22.2. The zero-order chi connectivity index (χ0) is 46.6. The zero-order valence-electron chi connectivity index (χ0n) is 39.2. The first-order valence-electron chi connectivity index (χ1n) is 22.2. The number of likely N-dealkylation sites (tertiary alicyclic amines) is 1. The number of esters is 1. The second kappa shape index (κ2) is 25.4. The minimum Gasteiger partial charge on any atom is -0.493 e. The Kier molecular flexibility index (Phi) is 20.2. The van der Waals surface area contributed by atoms with Gasteiger partial charge in [0.2, 0.25) is 11.7 Å². The van der Waals surface area contributed by atoms with Gasteiger partial charge in [0.15, 0.2) is 29.6 Å². The molecule has 4 rings (SSSR count). The number of methoxy groups -OCH3 is 5. The van der Waals surface area contributed by atoms with E-state index in [1.165, 1.54) is 21.3 Å². The highest BCUT2D eigenvalue weighted by atomic mass is 16.6. The van der Waals surface area contributed by atoms with E-state index < -0.39 is 35.7 Å². The van der Waals surface area contributed by atoms with E-state index in [9.17, 15) is 19.2 Å². The summed E-state index contributed by atoms with van der Waals surface area (Å²) in [6, 6.07) is 15.7. The summed E-state index contributed by atoms with van der Waals surface area (Å²) in [5.41, 5.74) is 1.79. The lowest BCUT2D eigenvalue weighted by atomic mass is 9.91. The summed E-state index contributed by atoms with van der Waals surface area (Å²) in [7, 11) is 7.75. The predicted molar refractivity (Wildman–Crippen MR) is 243 cm³/mol. The number of carbonyl (C=O) groups excluding carboxylic acids is 4. The third kappa shape index (κ3) is 15.2. The second-order valence-electron chi connectivity index (χ2n) is 16.7. The van der Waals surface area contributed by atoms with Crippen LogP contribution in [-0.2, 0) is 30.3 Å². The number of nitrogens with zero attached hydrogens (tertiary/aromatic N) is 1. The van der Waals surface area contributed by atoms with Crippen molar-refractivity contribution in [3.8, 4) is 34.5 Å². The van der Waals surface area contributed by atoms with Gasteiger partial charge in [-0.1, -0.05) is 38.0 Å². The lowest BCUT2D eigenvalue weighted by Crippen LogP contribution is -2.50. The maximum atomic E-state index is 14.5. The van der Waals surface area contributed by atoms with Crippen LogP contribution in [0.15, 0.2) is 54.6 Å². The van der Waals surface area contributed by atoms with Crippen molar-refractivity contribution >= 4 is 23.9 Å². The number of benzene rings is 3. The van der Waals surface area contributed by atoms with Gasteiger partial charge < -0.3 is 53.4 Å². The van der Waals surface area contributed by atoms with Crippen LogP contribution in [0.5, 0.6) is 34.5 Å². The molecule has 352 valence electrons. The molecule has 1 aliphatic rings. The number of amides is 3. The smallest absolute Gasteiger partial charge is 0.407 e. The van der Waals surface area contributed by atoms with Gasteiger partial charge in [-0.05, 0) is 125 Å². The number of alkyl carbamates (subject to hydrolysis) is 1. The molecular formula is C49H69N3O12. The lowest BCUT2D eigenvalue weighted by Gasteiger charge is -2.37. The molecule has 1 aliphatic heterocycles. The summed E-state index contributed by atoms with van der Waals surface area (Å²) >= 11 is 0. The number of rotatable bonds is 24. The molecule has 15 nitrogen and oxygen atoms in total. The Balaban J connectivity index is 1.44. The molecule has 0 bridgehead atoms. The summed E-state index contributed by atoms with van der Waals surface area (Å²) < 4.78 is 45.3. The molecule has 3 aromatic rings. The average Bonchev–Trinajstić information content (AvgIpc) is 3.29. The van der Waals surface area contributed by atoms with E-state index in [0.717, 1.165) is 44.1 Å². The highest BCUT2D eigenvalue weighted by Gasteiger charge is 2.38. The maximum Gasteiger partial charge on any atom is 0.407 e.